The van der Waals surface area contributed by atoms with Crippen LogP contribution >= 0.6 is 0 Å². The summed E-state index contributed by atoms with van der Waals surface area (Å²) in [6.45, 7) is 2.92. The second kappa shape index (κ2) is 9.27. The molecule has 0 heterocycles. The summed E-state index contributed by atoms with van der Waals surface area (Å²) in [6.07, 6.45) is 7.14. The molecule has 5 heteroatoms. The molecule has 0 radical (unpaired) electrons. The first-order valence-electron chi connectivity index (χ1n) is 10.0. The fourth-order valence-corrected chi connectivity index (χ4v) is 5.10. The van der Waals surface area contributed by atoms with Crippen LogP contribution in [0.1, 0.15) is 56.6 Å². The Bertz CT molecular complexity index is 808. The SMILES string of the molecule is CCCCc1ccc(NCc2ccc(NS(=O)(=O)C3CCCC3)cc2)cc1. The first-order chi connectivity index (χ1) is 13.1. The van der Waals surface area contributed by atoms with Crippen LogP contribution in [0.25, 0.3) is 0 Å². The number of benzene rings is 2. The first kappa shape index (κ1) is 19.7. The van der Waals surface area contributed by atoms with Crippen LogP contribution in [0, 0.1) is 0 Å². The maximum absolute atomic E-state index is 12.4. The van der Waals surface area contributed by atoms with Gasteiger partial charge >= 0.3 is 0 Å². The summed E-state index contributed by atoms with van der Waals surface area (Å²) in [5.74, 6) is 0. The minimum Gasteiger partial charge on any atom is -0.381 e. The van der Waals surface area contributed by atoms with Crippen LogP contribution < -0.4 is 10.0 Å². The molecule has 2 aromatic rings. The molecule has 3 rings (SSSR count). The second-order valence-electron chi connectivity index (χ2n) is 7.40. The number of hydrogen-bond acceptors (Lipinski definition) is 3. The lowest BCUT2D eigenvalue weighted by Crippen LogP contribution is -2.25. The normalized spacial score (nSPS) is 15.0. The van der Waals surface area contributed by atoms with Gasteiger partial charge in [0.05, 0.1) is 5.25 Å². The molecule has 27 heavy (non-hydrogen) atoms. The molecule has 1 saturated carbocycles. The van der Waals surface area contributed by atoms with E-state index in [1.165, 1.54) is 18.4 Å². The van der Waals surface area contributed by atoms with Gasteiger partial charge in [-0.25, -0.2) is 8.42 Å². The van der Waals surface area contributed by atoms with Gasteiger partial charge in [0.1, 0.15) is 0 Å². The molecule has 0 unspecified atom stereocenters. The Balaban J connectivity index is 1.51. The topological polar surface area (TPSA) is 58.2 Å². The second-order valence-corrected chi connectivity index (χ2v) is 9.37. The summed E-state index contributed by atoms with van der Waals surface area (Å²) in [7, 11) is -3.26. The van der Waals surface area contributed by atoms with Crippen LogP contribution in [-0.4, -0.2) is 13.7 Å². The number of hydrogen-bond donors (Lipinski definition) is 2. The highest BCUT2D eigenvalue weighted by Crippen LogP contribution is 2.26. The maximum atomic E-state index is 12.4. The van der Waals surface area contributed by atoms with E-state index in [2.05, 4.69) is 41.2 Å². The van der Waals surface area contributed by atoms with Crippen molar-refractivity contribution < 1.29 is 8.42 Å². The van der Waals surface area contributed by atoms with Crippen molar-refractivity contribution in [3.63, 3.8) is 0 Å². The van der Waals surface area contributed by atoms with Gasteiger partial charge < -0.3 is 5.32 Å². The molecule has 1 aliphatic rings. The predicted octanol–water partition coefficient (Wildman–Crippen LogP) is 5.33. The summed E-state index contributed by atoms with van der Waals surface area (Å²) in [5, 5.41) is 3.18. The summed E-state index contributed by atoms with van der Waals surface area (Å²) < 4.78 is 27.5. The highest BCUT2D eigenvalue weighted by atomic mass is 32.2. The lowest BCUT2D eigenvalue weighted by molar-refractivity contribution is 0.585. The van der Waals surface area contributed by atoms with Crippen LogP contribution in [0.15, 0.2) is 48.5 Å². The standard InChI is InChI=1S/C22H30N2O2S/c1-2-3-6-18-9-13-20(14-10-18)23-17-19-11-15-21(16-12-19)24-27(25,26)22-7-4-5-8-22/h9-16,22-24H,2-8,17H2,1H3. The van der Waals surface area contributed by atoms with Crippen LogP contribution in [0.2, 0.25) is 0 Å². The summed E-state index contributed by atoms with van der Waals surface area (Å²) in [4.78, 5) is 0. The minimum absolute atomic E-state index is 0.237. The summed E-state index contributed by atoms with van der Waals surface area (Å²) >= 11 is 0. The third-order valence-electron chi connectivity index (χ3n) is 5.22. The summed E-state index contributed by atoms with van der Waals surface area (Å²) in [6, 6.07) is 16.2. The van der Waals surface area contributed by atoms with Crippen LogP contribution in [0.3, 0.4) is 0 Å². The molecule has 0 aromatic heterocycles. The van der Waals surface area contributed by atoms with E-state index in [0.29, 0.717) is 12.2 Å². The largest absolute Gasteiger partial charge is 0.381 e. The molecule has 0 amide bonds. The Morgan fingerprint density at radius 1 is 0.889 bits per heavy atom. The Morgan fingerprint density at radius 3 is 2.11 bits per heavy atom. The van der Waals surface area contributed by atoms with E-state index < -0.39 is 10.0 Å². The van der Waals surface area contributed by atoms with Crippen molar-refractivity contribution in [1.29, 1.82) is 0 Å². The smallest absolute Gasteiger partial charge is 0.235 e. The third-order valence-corrected chi connectivity index (χ3v) is 7.09. The van der Waals surface area contributed by atoms with Crippen LogP contribution in [0.5, 0.6) is 0 Å². The van der Waals surface area contributed by atoms with Gasteiger partial charge in [0.15, 0.2) is 0 Å². The molecule has 0 atom stereocenters. The molecule has 4 nitrogen and oxygen atoms in total. The van der Waals surface area contributed by atoms with Gasteiger partial charge in [-0.05, 0) is 61.1 Å². The van der Waals surface area contributed by atoms with Gasteiger partial charge in [-0.2, -0.15) is 0 Å². The number of unbranched alkanes of at least 4 members (excludes halogenated alkanes) is 1. The maximum Gasteiger partial charge on any atom is 0.235 e. The van der Waals surface area contributed by atoms with Crippen molar-refractivity contribution in [2.24, 2.45) is 0 Å². The molecule has 1 aliphatic carbocycles. The van der Waals surface area contributed by atoms with Crippen LogP contribution in [0.4, 0.5) is 11.4 Å². The van der Waals surface area contributed by atoms with Crippen molar-refractivity contribution in [2.75, 3.05) is 10.0 Å². The zero-order valence-corrected chi connectivity index (χ0v) is 16.9. The first-order valence-corrected chi connectivity index (χ1v) is 11.5. The highest BCUT2D eigenvalue weighted by Gasteiger charge is 2.28. The molecular weight excluding hydrogens is 356 g/mol. The lowest BCUT2D eigenvalue weighted by Gasteiger charge is -2.14. The van der Waals surface area contributed by atoms with Gasteiger partial charge in [-0.3, -0.25) is 4.72 Å². The quantitative estimate of drug-likeness (QED) is 0.613. The average molecular weight is 387 g/mol. The van der Waals surface area contributed by atoms with E-state index in [1.807, 2.05) is 24.3 Å². The minimum atomic E-state index is -3.26. The van der Waals surface area contributed by atoms with Gasteiger partial charge in [0.2, 0.25) is 10.0 Å². The molecule has 0 bridgehead atoms. The molecule has 0 saturated heterocycles. The van der Waals surface area contributed by atoms with E-state index in [0.717, 1.165) is 43.4 Å². The Kier molecular flexibility index (Phi) is 6.78. The average Bonchev–Trinajstić information content (AvgIpc) is 3.22. The highest BCUT2D eigenvalue weighted by molar-refractivity contribution is 7.93. The molecule has 0 aliphatic heterocycles. The zero-order chi connectivity index (χ0) is 19.1. The van der Waals surface area contributed by atoms with Crippen molar-refractivity contribution in [3.8, 4) is 0 Å². The predicted molar refractivity (Wildman–Crippen MR) is 114 cm³/mol. The number of sulfonamides is 1. The van der Waals surface area contributed by atoms with E-state index >= 15 is 0 Å². The number of anilines is 2. The Hall–Kier alpha value is -2.01. The Labute approximate surface area is 163 Å². The molecule has 146 valence electrons. The molecular formula is C22H30N2O2S. The molecule has 0 spiro atoms. The summed E-state index contributed by atoms with van der Waals surface area (Å²) in [5.41, 5.74) is 4.24. The van der Waals surface area contributed by atoms with E-state index in [-0.39, 0.29) is 5.25 Å². The van der Waals surface area contributed by atoms with E-state index in [4.69, 9.17) is 0 Å². The Morgan fingerprint density at radius 2 is 1.48 bits per heavy atom. The molecule has 2 aromatic carbocycles. The van der Waals surface area contributed by atoms with Crippen molar-refractivity contribution in [1.82, 2.24) is 0 Å². The number of aryl methyl sites for hydroxylation is 1. The lowest BCUT2D eigenvalue weighted by atomic mass is 10.1. The molecule has 1 fully saturated rings. The number of rotatable bonds is 9. The van der Waals surface area contributed by atoms with E-state index in [1.54, 1.807) is 0 Å². The zero-order valence-electron chi connectivity index (χ0n) is 16.1. The fraction of sp³-hybridized carbons (Fsp3) is 0.455. The fourth-order valence-electron chi connectivity index (χ4n) is 3.51. The van der Waals surface area contributed by atoms with Crippen LogP contribution in [-0.2, 0) is 23.0 Å². The van der Waals surface area contributed by atoms with Crippen molar-refractivity contribution in [2.45, 2.75) is 63.7 Å². The van der Waals surface area contributed by atoms with Crippen molar-refractivity contribution in [3.05, 3.63) is 59.7 Å². The van der Waals surface area contributed by atoms with Gasteiger partial charge in [0.25, 0.3) is 0 Å². The monoisotopic (exact) mass is 386 g/mol. The molecule has 2 N–H and O–H groups in total. The van der Waals surface area contributed by atoms with Gasteiger partial charge in [-0.1, -0.05) is 50.5 Å². The van der Waals surface area contributed by atoms with Crippen molar-refractivity contribution >= 4 is 21.4 Å². The third kappa shape index (κ3) is 5.73. The van der Waals surface area contributed by atoms with Gasteiger partial charge in [0, 0.05) is 17.9 Å². The van der Waals surface area contributed by atoms with E-state index in [9.17, 15) is 8.42 Å². The number of nitrogens with one attached hydrogen (secondary N) is 2. The van der Waals surface area contributed by atoms with Gasteiger partial charge in [-0.15, -0.1) is 0 Å².